The molecular weight excluding hydrogens is 392 g/mol. The number of nitrogens with one attached hydrogen (secondary N) is 2. The Kier molecular flexibility index (Phi) is 7.13. The van der Waals surface area contributed by atoms with Crippen molar-refractivity contribution in [2.24, 2.45) is 5.92 Å². The number of anilines is 1. The molecule has 31 heavy (non-hydrogen) atoms. The van der Waals surface area contributed by atoms with Crippen LogP contribution in [0.3, 0.4) is 0 Å². The van der Waals surface area contributed by atoms with Crippen molar-refractivity contribution in [3.8, 4) is 11.5 Å². The molecule has 6 nitrogen and oxygen atoms in total. The van der Waals surface area contributed by atoms with Gasteiger partial charge in [-0.3, -0.25) is 9.59 Å². The zero-order chi connectivity index (χ0) is 22.4. The van der Waals surface area contributed by atoms with Gasteiger partial charge in [0.1, 0.15) is 6.04 Å². The largest absolute Gasteiger partial charge is 0.493 e. The summed E-state index contributed by atoms with van der Waals surface area (Å²) in [5.74, 6) is 0.526. The normalized spacial score (nSPS) is 11.8. The van der Waals surface area contributed by atoms with Gasteiger partial charge in [-0.25, -0.2) is 0 Å². The summed E-state index contributed by atoms with van der Waals surface area (Å²) in [6, 6.07) is 18.4. The summed E-state index contributed by atoms with van der Waals surface area (Å²) in [5, 5.41) is 7.94. The summed E-state index contributed by atoms with van der Waals surface area (Å²) in [7, 11) is 3.09. The van der Waals surface area contributed by atoms with Gasteiger partial charge in [-0.05, 0) is 34.4 Å². The molecule has 162 valence electrons. The second-order valence-corrected chi connectivity index (χ2v) is 7.71. The van der Waals surface area contributed by atoms with Crippen molar-refractivity contribution >= 4 is 28.3 Å². The molecule has 0 bridgehead atoms. The van der Waals surface area contributed by atoms with Crippen LogP contribution in [0.4, 0.5) is 5.69 Å². The van der Waals surface area contributed by atoms with E-state index in [1.165, 1.54) is 7.11 Å². The van der Waals surface area contributed by atoms with Crippen molar-refractivity contribution in [1.29, 1.82) is 0 Å². The Labute approximate surface area is 182 Å². The highest BCUT2D eigenvalue weighted by molar-refractivity contribution is 5.98. The van der Waals surface area contributed by atoms with Crippen molar-refractivity contribution in [3.63, 3.8) is 0 Å². The predicted molar refractivity (Wildman–Crippen MR) is 123 cm³/mol. The molecule has 3 aromatic carbocycles. The minimum Gasteiger partial charge on any atom is -0.493 e. The van der Waals surface area contributed by atoms with Crippen LogP contribution >= 0.6 is 0 Å². The maximum absolute atomic E-state index is 12.9. The Bertz CT molecular complexity index is 1080. The smallest absolute Gasteiger partial charge is 0.247 e. The SMILES string of the molecule is COc1ccc(NC(=O)C(NC(=O)Cc2ccc3ccccc3c2)C(C)C)cc1OC. The molecule has 6 heteroatoms. The molecule has 0 aliphatic heterocycles. The maximum Gasteiger partial charge on any atom is 0.247 e. The number of rotatable bonds is 8. The van der Waals surface area contributed by atoms with E-state index in [-0.39, 0.29) is 24.2 Å². The van der Waals surface area contributed by atoms with Crippen LogP contribution in [0.25, 0.3) is 10.8 Å². The third-order valence-electron chi connectivity index (χ3n) is 5.10. The zero-order valence-electron chi connectivity index (χ0n) is 18.3. The number of hydrogen-bond acceptors (Lipinski definition) is 4. The lowest BCUT2D eigenvalue weighted by Crippen LogP contribution is -2.47. The van der Waals surface area contributed by atoms with E-state index >= 15 is 0 Å². The first-order valence-corrected chi connectivity index (χ1v) is 10.2. The number of benzene rings is 3. The summed E-state index contributed by atoms with van der Waals surface area (Å²) < 4.78 is 10.5. The Morgan fingerprint density at radius 1 is 0.871 bits per heavy atom. The summed E-state index contributed by atoms with van der Waals surface area (Å²) >= 11 is 0. The van der Waals surface area contributed by atoms with Crippen LogP contribution in [-0.4, -0.2) is 32.1 Å². The molecule has 3 aromatic rings. The van der Waals surface area contributed by atoms with Crippen LogP contribution in [0.5, 0.6) is 11.5 Å². The van der Waals surface area contributed by atoms with E-state index in [2.05, 4.69) is 10.6 Å². The molecule has 0 spiro atoms. The van der Waals surface area contributed by atoms with Gasteiger partial charge in [0, 0.05) is 11.8 Å². The standard InChI is InChI=1S/C25H28N2O4/c1-16(2)24(25(29)26-20-11-12-21(30-3)22(15-20)31-4)27-23(28)14-17-9-10-18-7-5-6-8-19(18)13-17/h5-13,15-16,24H,14H2,1-4H3,(H,26,29)(H,27,28). The van der Waals surface area contributed by atoms with Gasteiger partial charge in [0.15, 0.2) is 11.5 Å². The molecule has 1 atom stereocenters. The Hall–Kier alpha value is -3.54. The van der Waals surface area contributed by atoms with E-state index < -0.39 is 6.04 Å². The number of methoxy groups -OCH3 is 2. The van der Waals surface area contributed by atoms with Gasteiger partial charge in [-0.15, -0.1) is 0 Å². The monoisotopic (exact) mass is 420 g/mol. The van der Waals surface area contributed by atoms with Crippen molar-refractivity contribution in [2.75, 3.05) is 19.5 Å². The zero-order valence-corrected chi connectivity index (χ0v) is 18.3. The first kappa shape index (κ1) is 22.2. The second-order valence-electron chi connectivity index (χ2n) is 7.71. The summed E-state index contributed by atoms with van der Waals surface area (Å²) in [6.45, 7) is 3.80. The minimum atomic E-state index is -0.666. The van der Waals surface area contributed by atoms with Crippen LogP contribution in [0.1, 0.15) is 19.4 Å². The molecule has 1 unspecified atom stereocenters. The summed E-state index contributed by atoms with van der Waals surface area (Å²) in [4.78, 5) is 25.5. The Morgan fingerprint density at radius 2 is 1.58 bits per heavy atom. The quantitative estimate of drug-likeness (QED) is 0.573. The third kappa shape index (κ3) is 5.54. The van der Waals surface area contributed by atoms with Crippen LogP contribution in [0, 0.1) is 5.92 Å². The van der Waals surface area contributed by atoms with E-state index in [1.807, 2.05) is 56.3 Å². The van der Waals surface area contributed by atoms with Crippen LogP contribution < -0.4 is 20.1 Å². The fourth-order valence-corrected chi connectivity index (χ4v) is 3.43. The van der Waals surface area contributed by atoms with E-state index in [9.17, 15) is 9.59 Å². The predicted octanol–water partition coefficient (Wildman–Crippen LogP) is 4.18. The lowest BCUT2D eigenvalue weighted by molar-refractivity contribution is -0.127. The first-order chi connectivity index (χ1) is 14.9. The molecule has 0 saturated heterocycles. The number of ether oxygens (including phenoxy) is 2. The average Bonchev–Trinajstić information content (AvgIpc) is 2.77. The van der Waals surface area contributed by atoms with Gasteiger partial charge in [-0.1, -0.05) is 56.3 Å². The van der Waals surface area contributed by atoms with E-state index in [0.29, 0.717) is 17.2 Å². The molecule has 0 saturated carbocycles. The topological polar surface area (TPSA) is 76.7 Å². The molecule has 0 aromatic heterocycles. The first-order valence-electron chi connectivity index (χ1n) is 10.2. The highest BCUT2D eigenvalue weighted by atomic mass is 16.5. The van der Waals surface area contributed by atoms with Gasteiger partial charge in [-0.2, -0.15) is 0 Å². The van der Waals surface area contributed by atoms with E-state index in [4.69, 9.17) is 9.47 Å². The Balaban J connectivity index is 1.68. The maximum atomic E-state index is 12.9. The molecule has 0 fully saturated rings. The molecule has 0 heterocycles. The number of fused-ring (bicyclic) bond motifs is 1. The second kappa shape index (κ2) is 9.98. The lowest BCUT2D eigenvalue weighted by atomic mass is 10.0. The summed E-state index contributed by atoms with van der Waals surface area (Å²) in [5.41, 5.74) is 1.47. The van der Waals surface area contributed by atoms with Gasteiger partial charge in [0.25, 0.3) is 0 Å². The highest BCUT2D eigenvalue weighted by Crippen LogP contribution is 2.29. The minimum absolute atomic E-state index is 0.0827. The van der Waals surface area contributed by atoms with Crippen LogP contribution in [0.2, 0.25) is 0 Å². The third-order valence-corrected chi connectivity index (χ3v) is 5.10. The molecule has 0 aliphatic carbocycles. The van der Waals surface area contributed by atoms with Crippen molar-refractivity contribution in [2.45, 2.75) is 26.3 Å². The van der Waals surface area contributed by atoms with Crippen molar-refractivity contribution in [1.82, 2.24) is 5.32 Å². The van der Waals surface area contributed by atoms with Crippen molar-refractivity contribution < 1.29 is 19.1 Å². The number of amides is 2. The Morgan fingerprint density at radius 3 is 2.26 bits per heavy atom. The fourth-order valence-electron chi connectivity index (χ4n) is 3.43. The summed E-state index contributed by atoms with van der Waals surface area (Å²) in [6.07, 6.45) is 0.206. The van der Waals surface area contributed by atoms with Gasteiger partial charge in [0.2, 0.25) is 11.8 Å². The van der Waals surface area contributed by atoms with Gasteiger partial charge < -0.3 is 20.1 Å². The molecule has 2 amide bonds. The lowest BCUT2D eigenvalue weighted by Gasteiger charge is -2.22. The molecular formula is C25H28N2O4. The van der Waals surface area contributed by atoms with Crippen molar-refractivity contribution in [3.05, 3.63) is 66.2 Å². The highest BCUT2D eigenvalue weighted by Gasteiger charge is 2.24. The average molecular weight is 421 g/mol. The van der Waals surface area contributed by atoms with Crippen LogP contribution in [-0.2, 0) is 16.0 Å². The fraction of sp³-hybridized carbons (Fsp3) is 0.280. The number of carbonyl (C=O) groups is 2. The van der Waals surface area contributed by atoms with E-state index in [0.717, 1.165) is 16.3 Å². The van der Waals surface area contributed by atoms with E-state index in [1.54, 1.807) is 25.3 Å². The number of carbonyl (C=O) groups excluding carboxylic acids is 2. The molecule has 2 N–H and O–H groups in total. The number of hydrogen-bond donors (Lipinski definition) is 2. The molecule has 0 aliphatic rings. The molecule has 0 radical (unpaired) electrons. The molecule has 3 rings (SSSR count). The van der Waals surface area contributed by atoms with Gasteiger partial charge in [0.05, 0.1) is 20.6 Å². The van der Waals surface area contributed by atoms with Gasteiger partial charge >= 0.3 is 0 Å². The van der Waals surface area contributed by atoms with Crippen LogP contribution in [0.15, 0.2) is 60.7 Å².